The highest BCUT2D eigenvalue weighted by Gasteiger charge is 2.24. The third-order valence-electron chi connectivity index (χ3n) is 3.52. The molecule has 0 spiro atoms. The monoisotopic (exact) mass is 430 g/mol. The number of phenols is 1. The second-order valence-electron chi connectivity index (χ2n) is 5.01. The number of methoxy groups -OCH3 is 2. The quantitative estimate of drug-likeness (QED) is 0.325. The lowest BCUT2D eigenvalue weighted by Gasteiger charge is -2.18. The molecular weight excluding hydrogens is 411 g/mol. The van der Waals surface area contributed by atoms with Crippen LogP contribution in [0, 0.1) is 6.92 Å². The van der Waals surface area contributed by atoms with Gasteiger partial charge in [-0.05, 0) is 18.9 Å². The van der Waals surface area contributed by atoms with Gasteiger partial charge in [-0.2, -0.15) is 0 Å². The van der Waals surface area contributed by atoms with E-state index in [0.717, 1.165) is 16.4 Å². The highest BCUT2D eigenvalue weighted by atomic mass is 127. The molecule has 124 valence electrons. The van der Waals surface area contributed by atoms with E-state index in [2.05, 4.69) is 22.6 Å². The van der Waals surface area contributed by atoms with Crippen molar-refractivity contribution in [2.75, 3.05) is 18.6 Å². The number of ether oxygens (including phenoxy) is 3. The molecule has 0 amide bonds. The SMILES string of the molecule is COc1c(OC)c(OC(=O)CCCI)c2c(C)cccc2c1O. The largest absolute Gasteiger partial charge is 0.504 e. The van der Waals surface area contributed by atoms with Crippen LogP contribution in [0.25, 0.3) is 10.8 Å². The van der Waals surface area contributed by atoms with E-state index in [1.165, 1.54) is 14.2 Å². The van der Waals surface area contributed by atoms with Gasteiger partial charge >= 0.3 is 5.97 Å². The van der Waals surface area contributed by atoms with E-state index in [0.29, 0.717) is 17.2 Å². The van der Waals surface area contributed by atoms with Crippen LogP contribution in [0.5, 0.6) is 23.0 Å². The molecule has 0 aliphatic carbocycles. The number of carbonyl (C=O) groups excluding carboxylic acids is 1. The molecule has 23 heavy (non-hydrogen) atoms. The number of hydrogen-bond donors (Lipinski definition) is 1. The summed E-state index contributed by atoms with van der Waals surface area (Å²) in [4.78, 5) is 12.1. The van der Waals surface area contributed by atoms with Crippen molar-refractivity contribution < 1.29 is 24.1 Å². The summed E-state index contributed by atoms with van der Waals surface area (Å²) in [6.45, 7) is 1.88. The number of fused-ring (bicyclic) bond motifs is 1. The highest BCUT2D eigenvalue weighted by molar-refractivity contribution is 14.1. The van der Waals surface area contributed by atoms with Crippen molar-refractivity contribution >= 4 is 39.3 Å². The minimum Gasteiger partial charge on any atom is -0.504 e. The summed E-state index contributed by atoms with van der Waals surface area (Å²) in [6, 6.07) is 5.46. The predicted molar refractivity (Wildman–Crippen MR) is 97.2 cm³/mol. The van der Waals surface area contributed by atoms with Crippen LogP contribution < -0.4 is 14.2 Å². The average Bonchev–Trinajstić information content (AvgIpc) is 2.55. The van der Waals surface area contributed by atoms with Crippen molar-refractivity contribution in [2.24, 2.45) is 0 Å². The van der Waals surface area contributed by atoms with Gasteiger partial charge in [0, 0.05) is 21.6 Å². The van der Waals surface area contributed by atoms with Gasteiger partial charge in [-0.25, -0.2) is 0 Å². The molecule has 6 heteroatoms. The van der Waals surface area contributed by atoms with Crippen molar-refractivity contribution in [2.45, 2.75) is 19.8 Å². The summed E-state index contributed by atoms with van der Waals surface area (Å²) in [6.07, 6.45) is 1.07. The Balaban J connectivity index is 2.68. The fraction of sp³-hybridized carbons (Fsp3) is 0.353. The Morgan fingerprint density at radius 1 is 1.17 bits per heavy atom. The molecule has 0 saturated carbocycles. The van der Waals surface area contributed by atoms with Crippen LogP contribution >= 0.6 is 22.6 Å². The Labute approximate surface area is 148 Å². The number of carbonyl (C=O) groups is 1. The second kappa shape index (κ2) is 7.72. The van der Waals surface area contributed by atoms with Crippen LogP contribution in [0.3, 0.4) is 0 Å². The number of halogens is 1. The molecule has 1 N–H and O–H groups in total. The van der Waals surface area contributed by atoms with Crippen molar-refractivity contribution in [3.8, 4) is 23.0 Å². The van der Waals surface area contributed by atoms with Crippen molar-refractivity contribution in [3.63, 3.8) is 0 Å². The summed E-state index contributed by atoms with van der Waals surface area (Å²) < 4.78 is 17.1. The van der Waals surface area contributed by atoms with Gasteiger partial charge in [0.2, 0.25) is 11.5 Å². The van der Waals surface area contributed by atoms with Crippen LogP contribution in [-0.2, 0) is 4.79 Å². The molecule has 2 rings (SSSR count). The maximum atomic E-state index is 12.1. The number of aryl methyl sites for hydroxylation is 1. The van der Waals surface area contributed by atoms with E-state index < -0.39 is 0 Å². The standard InChI is InChI=1S/C17H19IO5/c1-10-6-4-7-11-13(10)15(23-12(19)8-5-9-18)17(22-3)16(21-2)14(11)20/h4,6-7,20H,5,8-9H2,1-3H3. The van der Waals surface area contributed by atoms with E-state index >= 15 is 0 Å². The summed E-state index contributed by atoms with van der Waals surface area (Å²) in [5.74, 6) is 0.290. The van der Waals surface area contributed by atoms with Crippen molar-refractivity contribution in [3.05, 3.63) is 23.8 Å². The Bertz CT molecular complexity index is 727. The molecule has 2 aromatic rings. The Kier molecular flexibility index (Phi) is 5.92. The van der Waals surface area contributed by atoms with Crippen LogP contribution in [0.15, 0.2) is 18.2 Å². The molecule has 0 unspecified atom stereocenters. The summed E-state index contributed by atoms with van der Waals surface area (Å²) in [5, 5.41) is 11.6. The van der Waals surface area contributed by atoms with Crippen LogP contribution in [0.2, 0.25) is 0 Å². The molecule has 2 aromatic carbocycles. The third-order valence-corrected chi connectivity index (χ3v) is 4.28. The van der Waals surface area contributed by atoms with Gasteiger partial charge in [-0.15, -0.1) is 0 Å². The zero-order valence-electron chi connectivity index (χ0n) is 13.3. The van der Waals surface area contributed by atoms with Crippen LogP contribution in [0.4, 0.5) is 0 Å². The molecular formula is C17H19IO5. The summed E-state index contributed by atoms with van der Waals surface area (Å²) >= 11 is 2.22. The van der Waals surface area contributed by atoms with Gasteiger partial charge in [0.1, 0.15) is 0 Å². The number of hydrogen-bond acceptors (Lipinski definition) is 5. The fourth-order valence-electron chi connectivity index (χ4n) is 2.46. The van der Waals surface area contributed by atoms with E-state index in [1.807, 2.05) is 19.1 Å². The van der Waals surface area contributed by atoms with Crippen molar-refractivity contribution in [1.82, 2.24) is 0 Å². The molecule has 0 bridgehead atoms. The van der Waals surface area contributed by atoms with Gasteiger partial charge in [-0.3, -0.25) is 4.79 Å². The normalized spacial score (nSPS) is 10.6. The van der Waals surface area contributed by atoms with Crippen molar-refractivity contribution in [1.29, 1.82) is 0 Å². The lowest BCUT2D eigenvalue weighted by molar-refractivity contribution is -0.134. The topological polar surface area (TPSA) is 65.0 Å². The molecule has 0 saturated heterocycles. The molecule has 0 aromatic heterocycles. The van der Waals surface area contributed by atoms with Gasteiger partial charge < -0.3 is 19.3 Å². The average molecular weight is 430 g/mol. The Morgan fingerprint density at radius 2 is 1.87 bits per heavy atom. The van der Waals surface area contributed by atoms with Crippen LogP contribution in [-0.4, -0.2) is 29.7 Å². The first-order valence-corrected chi connectivity index (χ1v) is 8.70. The molecule has 0 aliphatic heterocycles. The molecule has 0 fully saturated rings. The second-order valence-corrected chi connectivity index (χ2v) is 6.09. The van der Waals surface area contributed by atoms with Crippen LogP contribution in [0.1, 0.15) is 18.4 Å². The zero-order chi connectivity index (χ0) is 17.0. The highest BCUT2D eigenvalue weighted by Crippen LogP contribution is 2.51. The lowest BCUT2D eigenvalue weighted by atomic mass is 10.0. The Morgan fingerprint density at radius 3 is 2.48 bits per heavy atom. The minimum atomic E-state index is -0.336. The van der Waals surface area contributed by atoms with E-state index in [4.69, 9.17) is 14.2 Å². The molecule has 5 nitrogen and oxygen atoms in total. The lowest BCUT2D eigenvalue weighted by Crippen LogP contribution is -2.10. The predicted octanol–water partition coefficient (Wildman–Crippen LogP) is 3.99. The number of benzene rings is 2. The maximum Gasteiger partial charge on any atom is 0.311 e. The third kappa shape index (κ3) is 3.46. The van der Waals surface area contributed by atoms with E-state index in [9.17, 15) is 9.90 Å². The number of phenolic OH excluding ortho intramolecular Hbond substituents is 1. The van der Waals surface area contributed by atoms with Gasteiger partial charge in [0.05, 0.1) is 14.2 Å². The first-order valence-electron chi connectivity index (χ1n) is 7.18. The maximum absolute atomic E-state index is 12.1. The smallest absolute Gasteiger partial charge is 0.311 e. The number of esters is 1. The van der Waals surface area contributed by atoms with E-state index in [-0.39, 0.29) is 29.0 Å². The molecule has 0 aliphatic rings. The summed E-state index contributed by atoms with van der Waals surface area (Å²) in [5.41, 5.74) is 0.871. The number of aromatic hydroxyl groups is 1. The first kappa shape index (κ1) is 17.7. The molecule has 0 radical (unpaired) electrons. The zero-order valence-corrected chi connectivity index (χ0v) is 15.5. The van der Waals surface area contributed by atoms with Gasteiger partial charge in [0.15, 0.2) is 11.5 Å². The molecule has 0 atom stereocenters. The molecule has 0 heterocycles. The summed E-state index contributed by atoms with van der Waals surface area (Å²) in [7, 11) is 2.88. The Hall–Kier alpha value is -1.70. The number of rotatable bonds is 6. The van der Waals surface area contributed by atoms with E-state index in [1.54, 1.807) is 6.07 Å². The fourth-order valence-corrected chi connectivity index (χ4v) is 2.84. The minimum absolute atomic E-state index is 0.0323. The number of alkyl halides is 1. The van der Waals surface area contributed by atoms with Gasteiger partial charge in [0.25, 0.3) is 0 Å². The van der Waals surface area contributed by atoms with Gasteiger partial charge in [-0.1, -0.05) is 40.8 Å². The first-order chi connectivity index (χ1) is 11.0.